The van der Waals surface area contributed by atoms with Crippen LogP contribution in [0.2, 0.25) is 0 Å². The molecule has 1 fully saturated rings. The summed E-state index contributed by atoms with van der Waals surface area (Å²) in [6.07, 6.45) is 2.79. The number of aryl methyl sites for hydroxylation is 1. The van der Waals surface area contributed by atoms with Crippen molar-refractivity contribution in [3.63, 3.8) is 0 Å². The van der Waals surface area contributed by atoms with Gasteiger partial charge in [-0.3, -0.25) is 4.79 Å². The number of hydrogen-bond acceptors (Lipinski definition) is 5. The lowest BCUT2D eigenvalue weighted by Gasteiger charge is -2.21. The molecule has 1 saturated carbocycles. The SMILES string of the molecule is Cc1nnc(-c2cccc(NC(=O)C3(O)CCCC3)c2)o1. The highest BCUT2D eigenvalue weighted by molar-refractivity contribution is 5.97. The second kappa shape index (κ2) is 5.29. The van der Waals surface area contributed by atoms with E-state index in [4.69, 9.17) is 4.42 Å². The number of amides is 1. The standard InChI is InChI=1S/C15H17N3O3/c1-10-17-18-13(21-10)11-5-4-6-12(9-11)16-14(19)15(20)7-2-3-8-15/h4-6,9,20H,2-3,7-8H2,1H3,(H,16,19). The third kappa shape index (κ3) is 2.80. The van der Waals surface area contributed by atoms with E-state index < -0.39 is 5.60 Å². The van der Waals surface area contributed by atoms with Crippen LogP contribution in [-0.2, 0) is 4.79 Å². The molecular formula is C15H17N3O3. The van der Waals surface area contributed by atoms with Gasteiger partial charge < -0.3 is 14.8 Å². The molecule has 110 valence electrons. The van der Waals surface area contributed by atoms with Crippen molar-refractivity contribution in [1.29, 1.82) is 0 Å². The van der Waals surface area contributed by atoms with E-state index >= 15 is 0 Å². The fourth-order valence-corrected chi connectivity index (χ4v) is 2.58. The Morgan fingerprint density at radius 2 is 2.10 bits per heavy atom. The summed E-state index contributed by atoms with van der Waals surface area (Å²) in [6.45, 7) is 1.72. The highest BCUT2D eigenvalue weighted by Crippen LogP contribution is 2.31. The van der Waals surface area contributed by atoms with Crippen molar-refractivity contribution >= 4 is 11.6 Å². The number of hydrogen-bond donors (Lipinski definition) is 2. The number of carbonyl (C=O) groups excluding carboxylic acids is 1. The number of aromatic nitrogens is 2. The van der Waals surface area contributed by atoms with Crippen molar-refractivity contribution in [3.05, 3.63) is 30.2 Å². The van der Waals surface area contributed by atoms with Crippen LogP contribution in [0, 0.1) is 6.92 Å². The topological polar surface area (TPSA) is 88.2 Å². The minimum Gasteiger partial charge on any atom is -0.421 e. The zero-order chi connectivity index (χ0) is 14.9. The number of carbonyl (C=O) groups is 1. The van der Waals surface area contributed by atoms with Crippen LogP contribution in [0.1, 0.15) is 31.6 Å². The molecule has 2 aromatic rings. The van der Waals surface area contributed by atoms with Crippen molar-refractivity contribution in [3.8, 4) is 11.5 Å². The molecule has 0 unspecified atom stereocenters. The van der Waals surface area contributed by atoms with Crippen molar-refractivity contribution in [2.75, 3.05) is 5.32 Å². The van der Waals surface area contributed by atoms with Crippen LogP contribution in [0.25, 0.3) is 11.5 Å². The third-order valence-corrected chi connectivity index (χ3v) is 3.75. The Hall–Kier alpha value is -2.21. The second-order valence-electron chi connectivity index (χ2n) is 5.40. The molecule has 1 aromatic carbocycles. The number of aliphatic hydroxyl groups is 1. The van der Waals surface area contributed by atoms with E-state index in [2.05, 4.69) is 15.5 Å². The fourth-order valence-electron chi connectivity index (χ4n) is 2.58. The minimum atomic E-state index is -1.24. The number of benzene rings is 1. The first kappa shape index (κ1) is 13.8. The van der Waals surface area contributed by atoms with Crippen LogP contribution in [0.15, 0.2) is 28.7 Å². The molecule has 3 rings (SSSR count). The summed E-state index contributed by atoms with van der Waals surface area (Å²) in [5, 5.41) is 20.8. The van der Waals surface area contributed by atoms with Crippen molar-refractivity contribution in [1.82, 2.24) is 10.2 Å². The maximum Gasteiger partial charge on any atom is 0.256 e. The molecule has 1 aromatic heterocycles. The lowest BCUT2D eigenvalue weighted by molar-refractivity contribution is -0.133. The first-order valence-corrected chi connectivity index (χ1v) is 7.01. The van der Waals surface area contributed by atoms with Crippen molar-refractivity contribution in [2.24, 2.45) is 0 Å². The van der Waals surface area contributed by atoms with Gasteiger partial charge in [0.15, 0.2) is 0 Å². The predicted octanol–water partition coefficient (Wildman–Crippen LogP) is 2.29. The number of rotatable bonds is 3. The average molecular weight is 287 g/mol. The molecule has 1 aliphatic carbocycles. The molecule has 0 atom stereocenters. The molecule has 1 aliphatic rings. The maximum atomic E-state index is 12.2. The van der Waals surface area contributed by atoms with E-state index in [9.17, 15) is 9.90 Å². The molecular weight excluding hydrogens is 270 g/mol. The molecule has 6 nitrogen and oxygen atoms in total. The Balaban J connectivity index is 1.79. The Labute approximate surface area is 122 Å². The normalized spacial score (nSPS) is 16.9. The molecule has 1 amide bonds. The zero-order valence-electron chi connectivity index (χ0n) is 11.8. The highest BCUT2D eigenvalue weighted by atomic mass is 16.4. The van der Waals surface area contributed by atoms with Gasteiger partial charge in [-0.1, -0.05) is 6.07 Å². The molecule has 21 heavy (non-hydrogen) atoms. The summed E-state index contributed by atoms with van der Waals surface area (Å²) in [6, 6.07) is 7.14. The third-order valence-electron chi connectivity index (χ3n) is 3.75. The number of nitrogens with one attached hydrogen (secondary N) is 1. The smallest absolute Gasteiger partial charge is 0.256 e. The molecule has 0 radical (unpaired) electrons. The van der Waals surface area contributed by atoms with Gasteiger partial charge in [-0.05, 0) is 43.9 Å². The average Bonchev–Trinajstić information content (AvgIpc) is 3.09. The maximum absolute atomic E-state index is 12.2. The first-order valence-electron chi connectivity index (χ1n) is 7.01. The number of anilines is 1. The van der Waals surface area contributed by atoms with E-state index in [1.165, 1.54) is 0 Å². The Bertz CT molecular complexity index is 660. The van der Waals surface area contributed by atoms with Crippen LogP contribution in [0.4, 0.5) is 5.69 Å². The van der Waals surface area contributed by atoms with Gasteiger partial charge in [0.2, 0.25) is 11.8 Å². The predicted molar refractivity (Wildman–Crippen MR) is 76.5 cm³/mol. The summed E-state index contributed by atoms with van der Waals surface area (Å²) >= 11 is 0. The van der Waals surface area contributed by atoms with Crippen molar-refractivity contribution < 1.29 is 14.3 Å². The fraction of sp³-hybridized carbons (Fsp3) is 0.400. The van der Waals surface area contributed by atoms with E-state index in [1.807, 2.05) is 6.07 Å². The Kier molecular flexibility index (Phi) is 3.47. The second-order valence-corrected chi connectivity index (χ2v) is 5.40. The molecule has 1 heterocycles. The zero-order valence-corrected chi connectivity index (χ0v) is 11.8. The summed E-state index contributed by atoms with van der Waals surface area (Å²) < 4.78 is 5.36. The van der Waals surface area contributed by atoms with E-state index in [0.717, 1.165) is 18.4 Å². The summed E-state index contributed by atoms with van der Waals surface area (Å²) in [4.78, 5) is 12.2. The largest absolute Gasteiger partial charge is 0.421 e. The van der Waals surface area contributed by atoms with Gasteiger partial charge in [-0.2, -0.15) is 0 Å². The lowest BCUT2D eigenvalue weighted by atomic mass is 10.0. The van der Waals surface area contributed by atoms with Crippen LogP contribution in [-0.4, -0.2) is 26.8 Å². The van der Waals surface area contributed by atoms with Gasteiger partial charge in [0, 0.05) is 18.2 Å². The van der Waals surface area contributed by atoms with Crippen LogP contribution in [0.3, 0.4) is 0 Å². The number of nitrogens with zero attached hydrogens (tertiary/aromatic N) is 2. The van der Waals surface area contributed by atoms with E-state index in [0.29, 0.717) is 30.3 Å². The highest BCUT2D eigenvalue weighted by Gasteiger charge is 2.38. The van der Waals surface area contributed by atoms with Crippen LogP contribution < -0.4 is 5.32 Å². The minimum absolute atomic E-state index is 0.348. The summed E-state index contributed by atoms with van der Waals surface area (Å²) in [5.74, 6) is 0.543. The first-order chi connectivity index (χ1) is 10.1. The van der Waals surface area contributed by atoms with Gasteiger partial charge in [-0.15, -0.1) is 10.2 Å². The molecule has 0 spiro atoms. The molecule has 2 N–H and O–H groups in total. The quantitative estimate of drug-likeness (QED) is 0.904. The lowest BCUT2D eigenvalue weighted by Crippen LogP contribution is -2.40. The van der Waals surface area contributed by atoms with Gasteiger partial charge in [-0.25, -0.2) is 0 Å². The van der Waals surface area contributed by atoms with E-state index in [1.54, 1.807) is 25.1 Å². The summed E-state index contributed by atoms with van der Waals surface area (Å²) in [5.41, 5.74) is 0.0948. The van der Waals surface area contributed by atoms with Gasteiger partial charge in [0.25, 0.3) is 5.91 Å². The van der Waals surface area contributed by atoms with Gasteiger partial charge >= 0.3 is 0 Å². The van der Waals surface area contributed by atoms with Gasteiger partial charge in [0.1, 0.15) is 5.60 Å². The molecule has 0 bridgehead atoms. The molecule has 6 heteroatoms. The van der Waals surface area contributed by atoms with E-state index in [-0.39, 0.29) is 5.91 Å². The van der Waals surface area contributed by atoms with Crippen LogP contribution >= 0.6 is 0 Å². The van der Waals surface area contributed by atoms with Crippen molar-refractivity contribution in [2.45, 2.75) is 38.2 Å². The Morgan fingerprint density at radius 1 is 1.33 bits per heavy atom. The van der Waals surface area contributed by atoms with Gasteiger partial charge in [0.05, 0.1) is 0 Å². The molecule has 0 saturated heterocycles. The monoisotopic (exact) mass is 287 g/mol. The summed E-state index contributed by atoms with van der Waals surface area (Å²) in [7, 11) is 0. The molecule has 0 aliphatic heterocycles. The van der Waals surface area contributed by atoms with Crippen LogP contribution in [0.5, 0.6) is 0 Å². The Morgan fingerprint density at radius 3 is 2.76 bits per heavy atom.